The summed E-state index contributed by atoms with van der Waals surface area (Å²) in [6.45, 7) is 4.46. The zero-order valence-corrected chi connectivity index (χ0v) is 20.3. The number of piperidine rings is 2. The highest BCUT2D eigenvalue weighted by atomic mass is 32.2. The lowest BCUT2D eigenvalue weighted by Crippen LogP contribution is -2.46. The fourth-order valence-corrected chi connectivity index (χ4v) is 5.83. The summed E-state index contributed by atoms with van der Waals surface area (Å²) < 4.78 is 51.0. The highest BCUT2D eigenvalue weighted by molar-refractivity contribution is 7.89. The molecule has 2 saturated heterocycles. The summed E-state index contributed by atoms with van der Waals surface area (Å²) in [5.41, 5.74) is 0. The van der Waals surface area contributed by atoms with Gasteiger partial charge in [-0.1, -0.05) is 12.1 Å². The first-order valence-electron chi connectivity index (χ1n) is 11.6. The Labute approximate surface area is 199 Å². The molecule has 9 nitrogen and oxygen atoms in total. The smallest absolute Gasteiger partial charge is 0.309 e. The van der Waals surface area contributed by atoms with Gasteiger partial charge in [-0.15, -0.1) is 0 Å². The molecular weight excluding hydrogens is 467 g/mol. The SMILES string of the molecule is CCOC(=O)C1CCN(C(=O)[C@H](C)OC(=O)C2CCN(S(=O)(=O)c3ccccc3F)CC2)CC1. The Morgan fingerprint density at radius 2 is 1.56 bits per heavy atom. The number of hydrogen-bond acceptors (Lipinski definition) is 7. The molecule has 188 valence electrons. The maximum Gasteiger partial charge on any atom is 0.309 e. The topological polar surface area (TPSA) is 110 Å². The first-order valence-corrected chi connectivity index (χ1v) is 13.0. The fourth-order valence-electron chi connectivity index (χ4n) is 4.30. The third-order valence-corrected chi connectivity index (χ3v) is 8.24. The minimum absolute atomic E-state index is 0.0557. The molecule has 1 amide bonds. The maximum atomic E-state index is 14.0. The number of carbonyl (C=O) groups is 3. The Morgan fingerprint density at radius 1 is 1.00 bits per heavy atom. The van der Waals surface area contributed by atoms with Gasteiger partial charge in [0.15, 0.2) is 6.10 Å². The highest BCUT2D eigenvalue weighted by Gasteiger charge is 2.36. The van der Waals surface area contributed by atoms with Gasteiger partial charge in [-0.2, -0.15) is 4.31 Å². The average Bonchev–Trinajstić information content (AvgIpc) is 2.84. The van der Waals surface area contributed by atoms with Crippen LogP contribution < -0.4 is 0 Å². The minimum Gasteiger partial charge on any atom is -0.466 e. The van der Waals surface area contributed by atoms with E-state index in [1.165, 1.54) is 25.1 Å². The molecule has 0 aromatic heterocycles. The number of amides is 1. The molecule has 0 saturated carbocycles. The molecule has 2 fully saturated rings. The normalized spacial score (nSPS) is 19.4. The Balaban J connectivity index is 1.48. The number of sulfonamides is 1. The molecule has 0 radical (unpaired) electrons. The van der Waals surface area contributed by atoms with Crippen LogP contribution in [0.2, 0.25) is 0 Å². The van der Waals surface area contributed by atoms with Crippen LogP contribution in [0.25, 0.3) is 0 Å². The van der Waals surface area contributed by atoms with E-state index in [9.17, 15) is 27.2 Å². The number of nitrogens with zero attached hydrogens (tertiary/aromatic N) is 2. The van der Waals surface area contributed by atoms with Crippen molar-refractivity contribution >= 4 is 27.9 Å². The van der Waals surface area contributed by atoms with Crippen LogP contribution in [-0.2, 0) is 33.9 Å². The van der Waals surface area contributed by atoms with Gasteiger partial charge >= 0.3 is 11.9 Å². The Kier molecular flexibility index (Phi) is 8.64. The number of rotatable bonds is 7. The van der Waals surface area contributed by atoms with Crippen molar-refractivity contribution in [3.05, 3.63) is 30.1 Å². The van der Waals surface area contributed by atoms with Crippen LogP contribution in [0.5, 0.6) is 0 Å². The summed E-state index contributed by atoms with van der Waals surface area (Å²) in [5.74, 6) is -2.72. The van der Waals surface area contributed by atoms with Crippen LogP contribution in [0.1, 0.15) is 39.5 Å². The van der Waals surface area contributed by atoms with Crippen LogP contribution in [0, 0.1) is 17.7 Å². The predicted molar refractivity (Wildman–Crippen MR) is 119 cm³/mol. The van der Waals surface area contributed by atoms with Gasteiger partial charge in [0.1, 0.15) is 10.7 Å². The number of esters is 2. The van der Waals surface area contributed by atoms with Crippen molar-refractivity contribution in [2.45, 2.75) is 50.5 Å². The summed E-state index contributed by atoms with van der Waals surface area (Å²) in [4.78, 5) is 38.4. The quantitative estimate of drug-likeness (QED) is 0.529. The Bertz CT molecular complexity index is 1000. The first kappa shape index (κ1) is 26.1. The fraction of sp³-hybridized carbons (Fsp3) is 0.609. The molecule has 2 aliphatic rings. The largest absolute Gasteiger partial charge is 0.466 e. The Morgan fingerprint density at radius 3 is 2.15 bits per heavy atom. The van der Waals surface area contributed by atoms with Crippen molar-refractivity contribution in [2.75, 3.05) is 32.8 Å². The lowest BCUT2D eigenvalue weighted by atomic mass is 9.96. The molecule has 0 spiro atoms. The van der Waals surface area contributed by atoms with Crippen molar-refractivity contribution in [1.82, 2.24) is 9.21 Å². The van der Waals surface area contributed by atoms with Crippen LogP contribution in [0.15, 0.2) is 29.2 Å². The number of benzene rings is 1. The van der Waals surface area contributed by atoms with E-state index in [2.05, 4.69) is 0 Å². The lowest BCUT2D eigenvalue weighted by Gasteiger charge is -2.33. The monoisotopic (exact) mass is 498 g/mol. The summed E-state index contributed by atoms with van der Waals surface area (Å²) >= 11 is 0. The number of likely N-dealkylation sites (tertiary alicyclic amines) is 1. The molecule has 0 N–H and O–H groups in total. The molecule has 11 heteroatoms. The third-order valence-electron chi connectivity index (χ3n) is 6.31. The van der Waals surface area contributed by atoms with Gasteiger partial charge in [-0.25, -0.2) is 12.8 Å². The summed E-state index contributed by atoms with van der Waals surface area (Å²) in [7, 11) is -3.99. The zero-order valence-electron chi connectivity index (χ0n) is 19.4. The third kappa shape index (κ3) is 5.93. The number of ether oxygens (including phenoxy) is 2. The maximum absolute atomic E-state index is 14.0. The van der Waals surface area contributed by atoms with Crippen molar-refractivity contribution < 1.29 is 36.7 Å². The summed E-state index contributed by atoms with van der Waals surface area (Å²) in [5, 5.41) is 0. The van der Waals surface area contributed by atoms with E-state index < -0.39 is 33.8 Å². The van der Waals surface area contributed by atoms with E-state index >= 15 is 0 Å². The minimum atomic E-state index is -3.99. The van der Waals surface area contributed by atoms with Crippen LogP contribution in [-0.4, -0.2) is 74.4 Å². The van der Waals surface area contributed by atoms with Gasteiger partial charge in [0.2, 0.25) is 10.0 Å². The Hall–Kier alpha value is -2.53. The van der Waals surface area contributed by atoms with E-state index in [1.54, 1.807) is 11.8 Å². The molecule has 0 unspecified atom stereocenters. The highest BCUT2D eigenvalue weighted by Crippen LogP contribution is 2.26. The van der Waals surface area contributed by atoms with Gasteiger partial charge in [0, 0.05) is 26.2 Å². The zero-order chi connectivity index (χ0) is 24.9. The second-order valence-electron chi connectivity index (χ2n) is 8.54. The number of carbonyl (C=O) groups excluding carboxylic acids is 3. The molecule has 2 heterocycles. The summed E-state index contributed by atoms with van der Waals surface area (Å²) in [6.07, 6.45) is 0.462. The van der Waals surface area contributed by atoms with Crippen molar-refractivity contribution in [3.8, 4) is 0 Å². The molecule has 34 heavy (non-hydrogen) atoms. The molecule has 0 aliphatic carbocycles. The molecule has 1 atom stereocenters. The second kappa shape index (κ2) is 11.3. The predicted octanol–water partition coefficient (Wildman–Crippen LogP) is 1.96. The van der Waals surface area contributed by atoms with E-state index in [-0.39, 0.29) is 48.6 Å². The van der Waals surface area contributed by atoms with Gasteiger partial charge < -0.3 is 14.4 Å². The first-order chi connectivity index (χ1) is 16.1. The van der Waals surface area contributed by atoms with Gasteiger partial charge in [-0.05, 0) is 51.7 Å². The van der Waals surface area contributed by atoms with Crippen LogP contribution in [0.3, 0.4) is 0 Å². The van der Waals surface area contributed by atoms with Gasteiger partial charge in [0.25, 0.3) is 5.91 Å². The van der Waals surface area contributed by atoms with Crippen LogP contribution in [0.4, 0.5) is 4.39 Å². The van der Waals surface area contributed by atoms with Crippen molar-refractivity contribution in [1.29, 1.82) is 0 Å². The average molecular weight is 499 g/mol. The number of hydrogen-bond donors (Lipinski definition) is 0. The van der Waals surface area contributed by atoms with Gasteiger partial charge in [0.05, 0.1) is 18.4 Å². The summed E-state index contributed by atoms with van der Waals surface area (Å²) in [6, 6.07) is 5.18. The molecular formula is C23H31FN2O7S. The van der Waals surface area contributed by atoms with E-state index in [0.29, 0.717) is 32.5 Å². The number of halogens is 1. The molecule has 2 aliphatic heterocycles. The molecule has 3 rings (SSSR count). The standard InChI is InChI=1S/C23H31FN2O7S/c1-3-32-22(28)17-8-12-25(13-9-17)21(27)16(2)33-23(29)18-10-14-26(15-11-18)34(30,31)20-7-5-4-6-19(20)24/h4-7,16-18H,3,8-15H2,1-2H3/t16-/m0/s1. The van der Waals surface area contributed by atoms with E-state index in [1.807, 2.05) is 0 Å². The van der Waals surface area contributed by atoms with Crippen molar-refractivity contribution in [3.63, 3.8) is 0 Å². The van der Waals surface area contributed by atoms with E-state index in [0.717, 1.165) is 10.4 Å². The molecule has 1 aromatic rings. The van der Waals surface area contributed by atoms with Crippen molar-refractivity contribution in [2.24, 2.45) is 11.8 Å². The lowest BCUT2D eigenvalue weighted by molar-refractivity contribution is -0.164. The van der Waals surface area contributed by atoms with E-state index in [4.69, 9.17) is 9.47 Å². The molecule has 0 bridgehead atoms. The second-order valence-corrected chi connectivity index (χ2v) is 10.4. The van der Waals surface area contributed by atoms with Gasteiger partial charge in [-0.3, -0.25) is 14.4 Å². The van der Waals surface area contributed by atoms with Crippen LogP contribution >= 0.6 is 0 Å². The molecule has 1 aromatic carbocycles.